The number of halogens is 3. The normalized spacial score (nSPS) is 24.6. The highest BCUT2D eigenvalue weighted by Crippen LogP contribution is 2.43. The highest BCUT2D eigenvalue weighted by Gasteiger charge is 2.44. The fraction of sp³-hybridized carbons (Fsp3) is 0.611. The van der Waals surface area contributed by atoms with Gasteiger partial charge in [-0.3, -0.25) is 4.79 Å². The zero-order valence-electron chi connectivity index (χ0n) is 13.4. The van der Waals surface area contributed by atoms with Crippen LogP contribution in [0.25, 0.3) is 0 Å². The number of hydrogen-bond donors (Lipinski definition) is 1. The van der Waals surface area contributed by atoms with Crippen LogP contribution in [0.1, 0.15) is 63.9 Å². The Labute approximate surface area is 134 Å². The molecule has 0 spiro atoms. The van der Waals surface area contributed by atoms with Gasteiger partial charge in [-0.1, -0.05) is 32.6 Å². The van der Waals surface area contributed by atoms with Crippen LogP contribution in [0.5, 0.6) is 0 Å². The van der Waals surface area contributed by atoms with Gasteiger partial charge in [0.1, 0.15) is 0 Å². The van der Waals surface area contributed by atoms with E-state index in [0.717, 1.165) is 50.7 Å². The summed E-state index contributed by atoms with van der Waals surface area (Å²) in [6.45, 7) is 2.13. The molecule has 1 N–H and O–H groups in total. The first-order chi connectivity index (χ1) is 10.9. The highest BCUT2D eigenvalue weighted by atomic mass is 19.2. The van der Waals surface area contributed by atoms with Gasteiger partial charge in [0.2, 0.25) is 0 Å². The van der Waals surface area contributed by atoms with Crippen molar-refractivity contribution in [2.24, 2.45) is 5.92 Å². The number of benzene rings is 1. The molecule has 1 aromatic carbocycles. The van der Waals surface area contributed by atoms with E-state index in [4.69, 9.17) is 0 Å². The van der Waals surface area contributed by atoms with Crippen LogP contribution in [0.15, 0.2) is 12.1 Å². The maximum Gasteiger partial charge on any atom is 0.314 e. The average Bonchev–Trinajstić information content (AvgIpc) is 2.53. The van der Waals surface area contributed by atoms with E-state index in [1.54, 1.807) is 0 Å². The van der Waals surface area contributed by atoms with E-state index < -0.39 is 28.8 Å². The molecule has 23 heavy (non-hydrogen) atoms. The van der Waals surface area contributed by atoms with Gasteiger partial charge in [-0.05, 0) is 49.3 Å². The lowest BCUT2D eigenvalue weighted by Crippen LogP contribution is -2.40. The second kappa shape index (κ2) is 7.37. The molecule has 0 bridgehead atoms. The van der Waals surface area contributed by atoms with Crippen molar-refractivity contribution in [3.8, 4) is 0 Å². The summed E-state index contributed by atoms with van der Waals surface area (Å²) < 4.78 is 40.1. The molecule has 1 aliphatic rings. The van der Waals surface area contributed by atoms with Gasteiger partial charge in [-0.2, -0.15) is 0 Å². The van der Waals surface area contributed by atoms with Gasteiger partial charge in [-0.25, -0.2) is 13.2 Å². The molecule has 0 radical (unpaired) electrons. The number of carboxylic acids is 1. The van der Waals surface area contributed by atoms with E-state index in [1.807, 2.05) is 0 Å². The Morgan fingerprint density at radius 1 is 1.17 bits per heavy atom. The molecule has 0 aliphatic heterocycles. The van der Waals surface area contributed by atoms with Crippen LogP contribution in [-0.2, 0) is 10.2 Å². The molecule has 0 aromatic heterocycles. The quantitative estimate of drug-likeness (QED) is 0.576. The molecule has 0 amide bonds. The second-order valence-corrected chi connectivity index (χ2v) is 6.58. The van der Waals surface area contributed by atoms with Crippen molar-refractivity contribution in [2.75, 3.05) is 0 Å². The Kier molecular flexibility index (Phi) is 5.71. The minimum Gasteiger partial charge on any atom is -0.481 e. The standard InChI is InChI=1S/C18H23F3O2/c1-2-3-4-5-12-6-8-18(9-7-12,17(22)23)13-10-14(19)16(21)15(20)11-13/h10-12H,2-9H2,1H3,(H,22,23). The van der Waals surface area contributed by atoms with Crippen LogP contribution in [-0.4, -0.2) is 11.1 Å². The SMILES string of the molecule is CCCCCC1CCC(C(=O)O)(c2cc(F)c(F)c(F)c2)CC1. The largest absolute Gasteiger partial charge is 0.481 e. The smallest absolute Gasteiger partial charge is 0.314 e. The van der Waals surface area contributed by atoms with E-state index in [0.29, 0.717) is 18.8 Å². The van der Waals surface area contributed by atoms with Gasteiger partial charge < -0.3 is 5.11 Å². The Balaban J connectivity index is 2.18. The molecular weight excluding hydrogens is 305 g/mol. The van der Waals surface area contributed by atoms with Crippen LogP contribution in [0.4, 0.5) is 13.2 Å². The number of rotatable bonds is 6. The first kappa shape index (κ1) is 17.8. The molecule has 5 heteroatoms. The number of aliphatic carboxylic acids is 1. The monoisotopic (exact) mass is 328 g/mol. The average molecular weight is 328 g/mol. The minimum atomic E-state index is -1.55. The van der Waals surface area contributed by atoms with Gasteiger partial charge in [0.25, 0.3) is 0 Å². The summed E-state index contributed by atoms with van der Waals surface area (Å²) in [6, 6.07) is 1.67. The van der Waals surface area contributed by atoms with E-state index in [9.17, 15) is 23.1 Å². The minimum absolute atomic E-state index is 0.0356. The summed E-state index contributed by atoms with van der Waals surface area (Å²) in [5.74, 6) is -4.84. The summed E-state index contributed by atoms with van der Waals surface area (Å²) in [5, 5.41) is 9.66. The molecule has 1 aromatic rings. The maximum atomic E-state index is 13.5. The Morgan fingerprint density at radius 3 is 2.22 bits per heavy atom. The zero-order chi connectivity index (χ0) is 17.0. The lowest BCUT2D eigenvalue weighted by molar-refractivity contribution is -0.145. The van der Waals surface area contributed by atoms with Crippen LogP contribution in [0.3, 0.4) is 0 Å². The predicted molar refractivity (Wildman–Crippen MR) is 81.7 cm³/mol. The van der Waals surface area contributed by atoms with Crippen LogP contribution in [0.2, 0.25) is 0 Å². The van der Waals surface area contributed by atoms with Crippen molar-refractivity contribution in [2.45, 2.75) is 63.7 Å². The summed E-state index contributed by atoms with van der Waals surface area (Å²) in [7, 11) is 0. The van der Waals surface area contributed by atoms with Gasteiger partial charge in [0.05, 0.1) is 5.41 Å². The zero-order valence-corrected chi connectivity index (χ0v) is 13.4. The fourth-order valence-corrected chi connectivity index (χ4v) is 3.60. The van der Waals surface area contributed by atoms with E-state index in [1.165, 1.54) is 0 Å². The lowest BCUT2D eigenvalue weighted by Gasteiger charge is -2.37. The number of carbonyl (C=O) groups is 1. The summed E-state index contributed by atoms with van der Waals surface area (Å²) >= 11 is 0. The van der Waals surface area contributed by atoms with Crippen molar-refractivity contribution >= 4 is 5.97 Å². The molecule has 0 unspecified atom stereocenters. The van der Waals surface area contributed by atoms with Gasteiger partial charge in [-0.15, -0.1) is 0 Å². The van der Waals surface area contributed by atoms with Crippen molar-refractivity contribution < 1.29 is 23.1 Å². The molecule has 0 atom stereocenters. The summed E-state index contributed by atoms with van der Waals surface area (Å²) in [6.07, 6.45) is 6.60. The highest BCUT2D eigenvalue weighted by molar-refractivity contribution is 5.81. The van der Waals surface area contributed by atoms with Crippen molar-refractivity contribution in [3.05, 3.63) is 35.1 Å². The van der Waals surface area contributed by atoms with Crippen LogP contribution >= 0.6 is 0 Å². The number of hydrogen-bond acceptors (Lipinski definition) is 1. The maximum absolute atomic E-state index is 13.5. The van der Waals surface area contributed by atoms with Crippen LogP contribution < -0.4 is 0 Å². The van der Waals surface area contributed by atoms with Gasteiger partial charge >= 0.3 is 5.97 Å². The first-order valence-corrected chi connectivity index (χ1v) is 8.29. The molecule has 2 nitrogen and oxygen atoms in total. The molecule has 128 valence electrons. The van der Waals surface area contributed by atoms with Crippen molar-refractivity contribution in [1.82, 2.24) is 0 Å². The Bertz CT molecular complexity index is 540. The molecule has 1 saturated carbocycles. The third-order valence-corrected chi connectivity index (χ3v) is 5.12. The van der Waals surface area contributed by atoms with Crippen molar-refractivity contribution in [1.29, 1.82) is 0 Å². The molecule has 1 aliphatic carbocycles. The third-order valence-electron chi connectivity index (χ3n) is 5.12. The topological polar surface area (TPSA) is 37.3 Å². The summed E-state index contributed by atoms with van der Waals surface area (Å²) in [4.78, 5) is 11.8. The third kappa shape index (κ3) is 3.70. The predicted octanol–water partition coefficient (Wildman–Crippen LogP) is 5.20. The van der Waals surface area contributed by atoms with Crippen LogP contribution in [0, 0.1) is 23.4 Å². The van der Waals surface area contributed by atoms with E-state index >= 15 is 0 Å². The molecule has 0 heterocycles. The van der Waals surface area contributed by atoms with E-state index in [2.05, 4.69) is 6.92 Å². The molecule has 1 fully saturated rings. The van der Waals surface area contributed by atoms with Gasteiger partial charge in [0, 0.05) is 0 Å². The van der Waals surface area contributed by atoms with E-state index in [-0.39, 0.29) is 5.56 Å². The lowest BCUT2D eigenvalue weighted by atomic mass is 9.66. The molecular formula is C18H23F3O2. The van der Waals surface area contributed by atoms with Crippen molar-refractivity contribution in [3.63, 3.8) is 0 Å². The fourth-order valence-electron chi connectivity index (χ4n) is 3.60. The number of carboxylic acid groups (broad SMARTS) is 1. The first-order valence-electron chi connectivity index (χ1n) is 8.29. The van der Waals surface area contributed by atoms with Gasteiger partial charge in [0.15, 0.2) is 17.5 Å². The molecule has 0 saturated heterocycles. The molecule has 2 rings (SSSR count). The number of unbranched alkanes of at least 4 members (excludes halogenated alkanes) is 2. The Hall–Kier alpha value is -1.52. The second-order valence-electron chi connectivity index (χ2n) is 6.58. The Morgan fingerprint density at radius 2 is 1.74 bits per heavy atom. The summed E-state index contributed by atoms with van der Waals surface area (Å²) in [5.41, 5.74) is -1.27.